The highest BCUT2D eigenvalue weighted by Crippen LogP contribution is 2.38. The van der Waals surface area contributed by atoms with Crippen molar-refractivity contribution in [2.24, 2.45) is 4.99 Å². The summed E-state index contributed by atoms with van der Waals surface area (Å²) in [5.74, 6) is 0.312. The number of nitrogens with zero attached hydrogens (tertiary/aromatic N) is 2. The lowest BCUT2D eigenvalue weighted by atomic mass is 10.1. The number of carbonyl (C=O) groups is 1. The first-order valence-electron chi connectivity index (χ1n) is 9.95. The number of amides is 1. The van der Waals surface area contributed by atoms with Crippen LogP contribution >= 0.6 is 11.8 Å². The molecule has 164 valence electrons. The normalized spacial score (nSPS) is 23.2. The number of amidine groups is 1. The molecule has 0 spiro atoms. The summed E-state index contributed by atoms with van der Waals surface area (Å²) in [5.41, 5.74) is 1.78. The predicted molar refractivity (Wildman–Crippen MR) is 120 cm³/mol. The molecule has 31 heavy (non-hydrogen) atoms. The molecule has 0 saturated carbocycles. The number of aliphatic imine (C=N–C) groups is 1. The number of halogens is 1. The maximum atomic E-state index is 13.2. The van der Waals surface area contributed by atoms with E-state index in [9.17, 15) is 17.6 Å². The molecule has 0 aromatic heterocycles. The smallest absolute Gasteiger partial charge is 0.252 e. The van der Waals surface area contributed by atoms with Gasteiger partial charge in [0.25, 0.3) is 5.91 Å². The van der Waals surface area contributed by atoms with Crippen molar-refractivity contribution < 1.29 is 22.3 Å². The van der Waals surface area contributed by atoms with Crippen LogP contribution in [0.25, 0.3) is 0 Å². The molecule has 4 rings (SSSR count). The Bertz CT molecular complexity index is 1090. The van der Waals surface area contributed by atoms with E-state index in [1.807, 2.05) is 17.0 Å². The number of ether oxygens (including phenoxy) is 1. The standard InChI is InChI=1S/C22H23FN2O4S2/c1-29-18-8-4-16(5-9-18)12-21(26)24-22-25(11-10-15-2-6-17(23)7-3-15)19-13-31(27,28)14-20(19)30-22/h2-9,19-20H,10-14H2,1H3/t19-,20-/m0/s1. The zero-order valence-corrected chi connectivity index (χ0v) is 18.7. The second kappa shape index (κ2) is 9.00. The summed E-state index contributed by atoms with van der Waals surface area (Å²) >= 11 is 1.37. The Balaban J connectivity index is 1.49. The molecule has 2 atom stereocenters. The fraction of sp³-hybridized carbons (Fsp3) is 0.364. The topological polar surface area (TPSA) is 76.0 Å². The number of rotatable bonds is 6. The molecule has 0 bridgehead atoms. The molecule has 2 fully saturated rings. The van der Waals surface area contributed by atoms with Crippen molar-refractivity contribution in [3.8, 4) is 5.75 Å². The number of benzene rings is 2. The lowest BCUT2D eigenvalue weighted by molar-refractivity contribution is -0.117. The third-order valence-electron chi connectivity index (χ3n) is 5.46. The van der Waals surface area contributed by atoms with E-state index in [1.54, 1.807) is 31.4 Å². The zero-order chi connectivity index (χ0) is 22.0. The first-order chi connectivity index (χ1) is 14.8. The molecule has 0 aliphatic carbocycles. The van der Waals surface area contributed by atoms with Crippen molar-refractivity contribution in [3.05, 3.63) is 65.5 Å². The molecule has 2 saturated heterocycles. The Morgan fingerprint density at radius 3 is 2.48 bits per heavy atom. The quantitative estimate of drug-likeness (QED) is 0.657. The summed E-state index contributed by atoms with van der Waals surface area (Å²) in [6.07, 6.45) is 0.767. The number of thioether (sulfide) groups is 1. The first-order valence-corrected chi connectivity index (χ1v) is 12.7. The molecule has 1 amide bonds. The number of methoxy groups -OCH3 is 1. The van der Waals surface area contributed by atoms with Gasteiger partial charge in [0.15, 0.2) is 15.0 Å². The van der Waals surface area contributed by atoms with Gasteiger partial charge in [-0.1, -0.05) is 36.0 Å². The monoisotopic (exact) mass is 462 g/mol. The minimum Gasteiger partial charge on any atom is -0.497 e. The van der Waals surface area contributed by atoms with Gasteiger partial charge in [-0.3, -0.25) is 4.79 Å². The SMILES string of the molecule is COc1ccc(CC(=O)N=C2S[C@H]3CS(=O)(=O)C[C@@H]3N2CCc2ccc(F)cc2)cc1. The van der Waals surface area contributed by atoms with Crippen molar-refractivity contribution >= 4 is 32.7 Å². The summed E-state index contributed by atoms with van der Waals surface area (Å²) in [6.45, 7) is 0.518. The van der Waals surface area contributed by atoms with Crippen LogP contribution in [0.3, 0.4) is 0 Å². The van der Waals surface area contributed by atoms with Gasteiger partial charge in [0.2, 0.25) is 0 Å². The van der Waals surface area contributed by atoms with Gasteiger partial charge in [-0.05, 0) is 41.8 Å². The van der Waals surface area contributed by atoms with E-state index in [4.69, 9.17) is 4.74 Å². The molecule has 0 unspecified atom stereocenters. The van der Waals surface area contributed by atoms with Crippen LogP contribution in [-0.4, -0.2) is 60.8 Å². The molecular formula is C22H23FN2O4S2. The van der Waals surface area contributed by atoms with Gasteiger partial charge in [0, 0.05) is 11.8 Å². The van der Waals surface area contributed by atoms with Gasteiger partial charge in [-0.2, -0.15) is 4.99 Å². The molecule has 0 N–H and O–H groups in total. The van der Waals surface area contributed by atoms with Crippen LogP contribution in [0.2, 0.25) is 0 Å². The molecule has 9 heteroatoms. The third-order valence-corrected chi connectivity index (χ3v) is 8.71. The van der Waals surface area contributed by atoms with Gasteiger partial charge >= 0.3 is 0 Å². The van der Waals surface area contributed by atoms with Crippen molar-refractivity contribution in [1.29, 1.82) is 0 Å². The Labute approximate surface area is 185 Å². The second-order valence-electron chi connectivity index (χ2n) is 7.68. The average molecular weight is 463 g/mol. The van der Waals surface area contributed by atoms with E-state index < -0.39 is 9.84 Å². The largest absolute Gasteiger partial charge is 0.497 e. The lowest BCUT2D eigenvalue weighted by Crippen LogP contribution is -2.39. The lowest BCUT2D eigenvalue weighted by Gasteiger charge is -2.24. The number of fused-ring (bicyclic) bond motifs is 1. The number of hydrogen-bond donors (Lipinski definition) is 0. The average Bonchev–Trinajstić information content (AvgIpc) is 3.19. The van der Waals surface area contributed by atoms with E-state index in [0.717, 1.165) is 16.9 Å². The highest BCUT2D eigenvalue weighted by atomic mass is 32.2. The summed E-state index contributed by atoms with van der Waals surface area (Å²) in [7, 11) is -1.51. The second-order valence-corrected chi connectivity index (χ2v) is 11.0. The minimum absolute atomic E-state index is 0.0692. The maximum absolute atomic E-state index is 13.2. The molecule has 2 heterocycles. The number of hydrogen-bond acceptors (Lipinski definition) is 5. The van der Waals surface area contributed by atoms with Crippen LogP contribution in [-0.2, 0) is 27.5 Å². The van der Waals surface area contributed by atoms with Crippen molar-refractivity contribution in [2.75, 3.05) is 25.2 Å². The molecular weight excluding hydrogens is 439 g/mol. The van der Waals surface area contributed by atoms with Crippen LogP contribution in [0.5, 0.6) is 5.75 Å². The number of sulfone groups is 1. The highest BCUT2D eigenvalue weighted by molar-refractivity contribution is 8.15. The van der Waals surface area contributed by atoms with E-state index in [0.29, 0.717) is 18.1 Å². The van der Waals surface area contributed by atoms with E-state index in [-0.39, 0.29) is 40.9 Å². The van der Waals surface area contributed by atoms with Gasteiger partial charge < -0.3 is 9.64 Å². The van der Waals surface area contributed by atoms with Crippen LogP contribution in [0.1, 0.15) is 11.1 Å². The van der Waals surface area contributed by atoms with Crippen molar-refractivity contribution in [3.63, 3.8) is 0 Å². The first kappa shape index (κ1) is 21.8. The Kier molecular flexibility index (Phi) is 6.34. The molecule has 2 aromatic carbocycles. The summed E-state index contributed by atoms with van der Waals surface area (Å²) in [6, 6.07) is 13.3. The van der Waals surface area contributed by atoms with Crippen LogP contribution < -0.4 is 4.74 Å². The molecule has 2 aliphatic heterocycles. The van der Waals surface area contributed by atoms with Gasteiger partial charge in [-0.15, -0.1) is 0 Å². The zero-order valence-electron chi connectivity index (χ0n) is 17.0. The molecule has 6 nitrogen and oxygen atoms in total. The Morgan fingerprint density at radius 1 is 1.13 bits per heavy atom. The van der Waals surface area contributed by atoms with E-state index >= 15 is 0 Å². The van der Waals surface area contributed by atoms with Gasteiger partial charge in [-0.25, -0.2) is 12.8 Å². The Morgan fingerprint density at radius 2 is 1.81 bits per heavy atom. The molecule has 2 aliphatic rings. The third kappa shape index (κ3) is 5.27. The van der Waals surface area contributed by atoms with Crippen LogP contribution in [0.4, 0.5) is 4.39 Å². The number of carbonyl (C=O) groups excluding carboxylic acids is 1. The molecule has 0 radical (unpaired) electrons. The van der Waals surface area contributed by atoms with Crippen molar-refractivity contribution in [1.82, 2.24) is 4.90 Å². The van der Waals surface area contributed by atoms with Gasteiger partial charge in [0.05, 0.1) is 31.1 Å². The summed E-state index contributed by atoms with van der Waals surface area (Å²) in [4.78, 5) is 18.9. The fourth-order valence-electron chi connectivity index (χ4n) is 3.86. The summed E-state index contributed by atoms with van der Waals surface area (Å²) < 4.78 is 42.6. The van der Waals surface area contributed by atoms with Crippen LogP contribution in [0.15, 0.2) is 53.5 Å². The van der Waals surface area contributed by atoms with Crippen molar-refractivity contribution in [2.45, 2.75) is 24.1 Å². The fourth-order valence-corrected chi connectivity index (χ4v) is 7.86. The maximum Gasteiger partial charge on any atom is 0.252 e. The highest BCUT2D eigenvalue weighted by Gasteiger charge is 2.48. The van der Waals surface area contributed by atoms with E-state index in [2.05, 4.69) is 4.99 Å². The molecule has 2 aromatic rings. The van der Waals surface area contributed by atoms with Gasteiger partial charge in [0.1, 0.15) is 11.6 Å². The minimum atomic E-state index is -3.10. The summed E-state index contributed by atoms with van der Waals surface area (Å²) in [5, 5.41) is 0.455. The van der Waals surface area contributed by atoms with E-state index in [1.165, 1.54) is 23.9 Å². The predicted octanol–water partition coefficient (Wildman–Crippen LogP) is 2.72. The Hall–Kier alpha value is -2.39. The van der Waals surface area contributed by atoms with Crippen LogP contribution in [0, 0.1) is 5.82 Å².